The van der Waals surface area contributed by atoms with E-state index in [4.69, 9.17) is 10.00 Å². The second-order valence-corrected chi connectivity index (χ2v) is 3.85. The summed E-state index contributed by atoms with van der Waals surface area (Å²) in [6, 6.07) is 8.00. The van der Waals surface area contributed by atoms with Crippen molar-refractivity contribution in [2.45, 2.75) is 6.92 Å². The molecule has 0 amide bonds. The van der Waals surface area contributed by atoms with Crippen LogP contribution in [0.2, 0.25) is 0 Å². The first-order valence-electron chi connectivity index (χ1n) is 5.36. The fourth-order valence-electron chi connectivity index (χ4n) is 1.78. The number of pyridine rings is 1. The van der Waals surface area contributed by atoms with Gasteiger partial charge in [-0.15, -0.1) is 0 Å². The number of nitrogens with zero attached hydrogens (tertiary/aromatic N) is 2. The van der Waals surface area contributed by atoms with Crippen LogP contribution in [0.4, 0.5) is 4.39 Å². The Morgan fingerprint density at radius 3 is 2.72 bits per heavy atom. The fourth-order valence-corrected chi connectivity index (χ4v) is 1.78. The van der Waals surface area contributed by atoms with E-state index in [1.54, 1.807) is 12.1 Å². The van der Waals surface area contributed by atoms with Crippen LogP contribution >= 0.6 is 0 Å². The molecule has 1 aromatic carbocycles. The number of benzene rings is 1. The Kier molecular flexibility index (Phi) is 3.24. The monoisotopic (exact) mass is 242 g/mol. The minimum absolute atomic E-state index is 0.351. The lowest BCUT2D eigenvalue weighted by Crippen LogP contribution is -1.94. The van der Waals surface area contributed by atoms with Gasteiger partial charge in [-0.05, 0) is 36.8 Å². The normalized spacial score (nSPS) is 9.89. The molecule has 0 aliphatic rings. The molecule has 0 N–H and O–H groups in total. The average molecular weight is 242 g/mol. The second kappa shape index (κ2) is 4.84. The van der Waals surface area contributed by atoms with Gasteiger partial charge in [-0.1, -0.05) is 0 Å². The van der Waals surface area contributed by atoms with Crippen molar-refractivity contribution in [3.63, 3.8) is 0 Å². The summed E-state index contributed by atoms with van der Waals surface area (Å²) in [5, 5.41) is 8.79. The van der Waals surface area contributed by atoms with E-state index >= 15 is 0 Å². The molecule has 1 aromatic heterocycles. The summed E-state index contributed by atoms with van der Waals surface area (Å²) in [6.45, 7) is 1.83. The van der Waals surface area contributed by atoms with E-state index in [1.165, 1.54) is 25.4 Å². The Hall–Kier alpha value is -2.41. The highest BCUT2D eigenvalue weighted by Crippen LogP contribution is 2.31. The summed E-state index contributed by atoms with van der Waals surface area (Å²) < 4.78 is 18.5. The van der Waals surface area contributed by atoms with Gasteiger partial charge in [0.2, 0.25) is 0 Å². The number of hydrogen-bond acceptors (Lipinski definition) is 3. The maximum Gasteiger partial charge on any atom is 0.128 e. The minimum atomic E-state index is -0.351. The van der Waals surface area contributed by atoms with E-state index in [1.807, 2.05) is 13.0 Å². The van der Waals surface area contributed by atoms with Gasteiger partial charge in [0, 0.05) is 11.8 Å². The number of ether oxygens (including phenoxy) is 1. The van der Waals surface area contributed by atoms with Crippen LogP contribution in [-0.4, -0.2) is 12.1 Å². The van der Waals surface area contributed by atoms with E-state index < -0.39 is 0 Å². The predicted octanol–water partition coefficient (Wildman–Crippen LogP) is 3.08. The lowest BCUT2D eigenvalue weighted by atomic mass is 10.0. The molecule has 0 unspecified atom stereocenters. The standard InChI is InChI=1S/C14H11FN2O/c1-9-5-10(7-16)8-17-14(9)12-6-11(15)3-4-13(12)18-2/h3-6,8H,1-2H3. The number of aromatic nitrogens is 1. The molecule has 0 saturated carbocycles. The van der Waals surface area contributed by atoms with Crippen molar-refractivity contribution >= 4 is 0 Å². The van der Waals surface area contributed by atoms with E-state index in [2.05, 4.69) is 4.98 Å². The summed E-state index contributed by atoms with van der Waals surface area (Å²) in [5.41, 5.74) is 2.48. The lowest BCUT2D eigenvalue weighted by molar-refractivity contribution is 0.415. The Balaban J connectivity index is 2.62. The third kappa shape index (κ3) is 2.16. The third-order valence-corrected chi connectivity index (χ3v) is 2.62. The van der Waals surface area contributed by atoms with E-state index in [-0.39, 0.29) is 5.82 Å². The van der Waals surface area contributed by atoms with Crippen molar-refractivity contribution in [3.8, 4) is 23.1 Å². The van der Waals surface area contributed by atoms with Gasteiger partial charge in [0.25, 0.3) is 0 Å². The Bertz CT molecular complexity index is 632. The van der Waals surface area contributed by atoms with Crippen LogP contribution in [0.25, 0.3) is 11.3 Å². The number of methoxy groups -OCH3 is 1. The van der Waals surface area contributed by atoms with Crippen molar-refractivity contribution in [3.05, 3.63) is 47.4 Å². The summed E-state index contributed by atoms with van der Waals surface area (Å²) >= 11 is 0. The number of aryl methyl sites for hydroxylation is 1. The smallest absolute Gasteiger partial charge is 0.128 e. The van der Waals surface area contributed by atoms with Gasteiger partial charge in [0.15, 0.2) is 0 Å². The zero-order chi connectivity index (χ0) is 13.1. The lowest BCUT2D eigenvalue weighted by Gasteiger charge is -2.10. The van der Waals surface area contributed by atoms with Gasteiger partial charge in [0.05, 0.1) is 18.4 Å². The molecule has 0 spiro atoms. The largest absolute Gasteiger partial charge is 0.496 e. The molecule has 18 heavy (non-hydrogen) atoms. The van der Waals surface area contributed by atoms with Gasteiger partial charge < -0.3 is 4.74 Å². The molecule has 1 heterocycles. The van der Waals surface area contributed by atoms with Crippen molar-refractivity contribution < 1.29 is 9.13 Å². The first kappa shape index (κ1) is 12.1. The molecule has 0 fully saturated rings. The van der Waals surface area contributed by atoms with Crippen molar-refractivity contribution in [2.24, 2.45) is 0 Å². The van der Waals surface area contributed by atoms with Gasteiger partial charge in [0.1, 0.15) is 17.6 Å². The zero-order valence-electron chi connectivity index (χ0n) is 10.1. The Labute approximate surface area is 104 Å². The molecule has 0 radical (unpaired) electrons. The first-order valence-corrected chi connectivity index (χ1v) is 5.36. The number of nitriles is 1. The molecular weight excluding hydrogens is 231 g/mol. The predicted molar refractivity (Wildman–Crippen MR) is 65.6 cm³/mol. The molecule has 0 aliphatic heterocycles. The quantitative estimate of drug-likeness (QED) is 0.813. The van der Waals surface area contributed by atoms with Crippen LogP contribution < -0.4 is 4.74 Å². The molecule has 2 aromatic rings. The minimum Gasteiger partial charge on any atom is -0.496 e. The van der Waals surface area contributed by atoms with E-state index in [0.29, 0.717) is 22.6 Å². The maximum absolute atomic E-state index is 13.3. The van der Waals surface area contributed by atoms with Crippen LogP contribution in [0, 0.1) is 24.1 Å². The zero-order valence-corrected chi connectivity index (χ0v) is 10.1. The van der Waals surface area contributed by atoms with Gasteiger partial charge in [-0.3, -0.25) is 4.98 Å². The highest BCUT2D eigenvalue weighted by molar-refractivity contribution is 5.70. The number of hydrogen-bond donors (Lipinski definition) is 0. The highest BCUT2D eigenvalue weighted by atomic mass is 19.1. The van der Waals surface area contributed by atoms with Crippen LogP contribution in [0.3, 0.4) is 0 Å². The molecule has 0 saturated heterocycles. The average Bonchev–Trinajstić information content (AvgIpc) is 2.38. The van der Waals surface area contributed by atoms with E-state index in [9.17, 15) is 4.39 Å². The third-order valence-electron chi connectivity index (χ3n) is 2.62. The molecule has 90 valence electrons. The number of rotatable bonds is 2. The summed E-state index contributed by atoms with van der Waals surface area (Å²) in [7, 11) is 1.52. The van der Waals surface area contributed by atoms with Gasteiger partial charge in [-0.2, -0.15) is 5.26 Å². The van der Waals surface area contributed by atoms with Crippen LogP contribution in [0.5, 0.6) is 5.75 Å². The van der Waals surface area contributed by atoms with Gasteiger partial charge in [-0.25, -0.2) is 4.39 Å². The topological polar surface area (TPSA) is 45.9 Å². The Morgan fingerprint density at radius 2 is 2.11 bits per heavy atom. The fraction of sp³-hybridized carbons (Fsp3) is 0.143. The molecule has 4 heteroatoms. The summed E-state index contributed by atoms with van der Waals surface area (Å²) in [4.78, 5) is 4.20. The van der Waals surface area contributed by atoms with Crippen molar-refractivity contribution in [2.75, 3.05) is 7.11 Å². The van der Waals surface area contributed by atoms with Crippen LogP contribution in [-0.2, 0) is 0 Å². The SMILES string of the molecule is COc1ccc(F)cc1-c1ncc(C#N)cc1C. The van der Waals surface area contributed by atoms with Crippen molar-refractivity contribution in [1.29, 1.82) is 5.26 Å². The first-order chi connectivity index (χ1) is 8.65. The summed E-state index contributed by atoms with van der Waals surface area (Å²) in [5.74, 6) is 0.202. The second-order valence-electron chi connectivity index (χ2n) is 3.85. The van der Waals surface area contributed by atoms with E-state index in [0.717, 1.165) is 5.56 Å². The molecular formula is C14H11FN2O. The molecule has 2 rings (SSSR count). The molecule has 0 atom stereocenters. The summed E-state index contributed by atoms with van der Waals surface area (Å²) in [6.07, 6.45) is 1.46. The number of halogens is 1. The maximum atomic E-state index is 13.3. The Morgan fingerprint density at radius 1 is 1.33 bits per heavy atom. The molecule has 0 aliphatic carbocycles. The highest BCUT2D eigenvalue weighted by Gasteiger charge is 2.11. The van der Waals surface area contributed by atoms with Crippen molar-refractivity contribution in [1.82, 2.24) is 4.98 Å². The van der Waals surface area contributed by atoms with Gasteiger partial charge >= 0.3 is 0 Å². The molecule has 0 bridgehead atoms. The molecule has 3 nitrogen and oxygen atoms in total. The van der Waals surface area contributed by atoms with Crippen LogP contribution in [0.15, 0.2) is 30.5 Å². The van der Waals surface area contributed by atoms with Crippen LogP contribution in [0.1, 0.15) is 11.1 Å².